The molecule has 0 amide bonds. The summed E-state index contributed by atoms with van der Waals surface area (Å²) in [5.41, 5.74) is 0.498. The first-order valence-corrected chi connectivity index (χ1v) is 11.2. The van der Waals surface area contributed by atoms with Gasteiger partial charge in [-0.1, -0.05) is 54.8 Å². The van der Waals surface area contributed by atoms with Crippen LogP contribution in [0.1, 0.15) is 42.5 Å². The zero-order valence-electron chi connectivity index (χ0n) is 17.6. The smallest absolute Gasteiger partial charge is 0.161 e. The monoisotopic (exact) mass is 457 g/mol. The van der Waals surface area contributed by atoms with E-state index in [0.29, 0.717) is 22.7 Å². The third-order valence-electron chi connectivity index (χ3n) is 5.96. The number of nitrogens with one attached hydrogen (secondary N) is 2. The number of aromatic nitrogens is 1. The fourth-order valence-corrected chi connectivity index (χ4v) is 4.58. The van der Waals surface area contributed by atoms with Crippen molar-refractivity contribution >= 4 is 11.6 Å². The molecule has 4 rings (SSSR count). The van der Waals surface area contributed by atoms with Crippen LogP contribution in [0.2, 0.25) is 5.02 Å². The largest absolute Gasteiger partial charge is 0.365 e. The van der Waals surface area contributed by atoms with Gasteiger partial charge in [0, 0.05) is 24.7 Å². The molecule has 1 heterocycles. The second kappa shape index (κ2) is 10.0. The van der Waals surface area contributed by atoms with Crippen LogP contribution in [0.15, 0.2) is 66.9 Å². The molecule has 4 nitrogen and oxygen atoms in total. The topological polar surface area (TPSA) is 57.2 Å². The molecule has 0 radical (unpaired) electrons. The molecule has 3 aromatic rings. The van der Waals surface area contributed by atoms with E-state index in [1.807, 2.05) is 30.3 Å². The Morgan fingerprint density at radius 1 is 1.03 bits per heavy atom. The van der Waals surface area contributed by atoms with Gasteiger partial charge in [0.25, 0.3) is 0 Å². The highest BCUT2D eigenvalue weighted by Gasteiger charge is 2.39. The summed E-state index contributed by atoms with van der Waals surface area (Å²) in [6.45, 7) is 0. The first-order valence-electron chi connectivity index (χ1n) is 10.8. The summed E-state index contributed by atoms with van der Waals surface area (Å²) in [6, 6.07) is 16.5. The quantitative estimate of drug-likeness (QED) is 0.421. The van der Waals surface area contributed by atoms with Crippen LogP contribution >= 0.6 is 11.6 Å². The second-order valence-electron chi connectivity index (χ2n) is 8.28. The molecule has 168 valence electrons. The molecule has 2 atom stereocenters. The molecule has 2 aromatic carbocycles. The van der Waals surface area contributed by atoms with Gasteiger partial charge in [-0.15, -0.1) is 0 Å². The van der Waals surface area contributed by atoms with E-state index in [9.17, 15) is 13.9 Å². The standard InChI is InChI=1S/C25H26ClF2N3O/c26-19-10-11-23(29-16-19)25(15-17-6-2-1-3-7-17,18-12-20(27)14-21(28)13-18)31-24(32)30-22-8-4-5-9-22/h1-3,6-7,10-14,16,22,24,30-32H,4-5,8-9,15H2/t24-,25?/m0/s1. The summed E-state index contributed by atoms with van der Waals surface area (Å²) in [6.07, 6.45) is 4.82. The van der Waals surface area contributed by atoms with Crippen LogP contribution in [-0.2, 0) is 12.0 Å². The number of hydrogen-bond acceptors (Lipinski definition) is 4. The Bertz CT molecular complexity index is 1010. The predicted molar refractivity (Wildman–Crippen MR) is 121 cm³/mol. The molecule has 1 unspecified atom stereocenters. The minimum absolute atomic E-state index is 0.175. The molecular formula is C25H26ClF2N3O. The maximum atomic E-state index is 14.4. The highest BCUT2D eigenvalue weighted by molar-refractivity contribution is 6.30. The molecular weight excluding hydrogens is 432 g/mol. The molecule has 1 fully saturated rings. The lowest BCUT2D eigenvalue weighted by Crippen LogP contribution is -2.57. The number of hydrogen-bond donors (Lipinski definition) is 3. The molecule has 7 heteroatoms. The Labute approximate surface area is 191 Å². The Balaban J connectivity index is 1.82. The van der Waals surface area contributed by atoms with Crippen LogP contribution in [0.25, 0.3) is 0 Å². The second-order valence-corrected chi connectivity index (χ2v) is 8.72. The van der Waals surface area contributed by atoms with Gasteiger partial charge in [-0.2, -0.15) is 0 Å². The van der Waals surface area contributed by atoms with Gasteiger partial charge < -0.3 is 5.11 Å². The number of rotatable bonds is 8. The van der Waals surface area contributed by atoms with E-state index in [2.05, 4.69) is 15.6 Å². The lowest BCUT2D eigenvalue weighted by Gasteiger charge is -2.38. The van der Waals surface area contributed by atoms with Crippen LogP contribution in [0.5, 0.6) is 0 Å². The van der Waals surface area contributed by atoms with Crippen molar-refractivity contribution in [2.75, 3.05) is 0 Å². The summed E-state index contributed by atoms with van der Waals surface area (Å²) >= 11 is 6.07. The van der Waals surface area contributed by atoms with Gasteiger partial charge >= 0.3 is 0 Å². The van der Waals surface area contributed by atoms with E-state index in [0.717, 1.165) is 37.3 Å². The van der Waals surface area contributed by atoms with Crippen LogP contribution in [-0.4, -0.2) is 22.5 Å². The number of halogens is 3. The number of nitrogens with zero attached hydrogens (tertiary/aromatic N) is 1. The van der Waals surface area contributed by atoms with Crippen LogP contribution in [0.4, 0.5) is 8.78 Å². The fourth-order valence-electron chi connectivity index (χ4n) is 4.47. The molecule has 0 bridgehead atoms. The average molecular weight is 458 g/mol. The zero-order valence-corrected chi connectivity index (χ0v) is 18.3. The SMILES string of the molecule is O[C@@H](NC1CCCC1)NC(Cc1ccccc1)(c1cc(F)cc(F)c1)c1ccc(Cl)cn1. The van der Waals surface area contributed by atoms with Crippen molar-refractivity contribution in [1.82, 2.24) is 15.6 Å². The minimum Gasteiger partial charge on any atom is -0.365 e. The number of benzene rings is 2. The fraction of sp³-hybridized carbons (Fsp3) is 0.320. The molecule has 0 aliphatic heterocycles. The number of aliphatic hydroxyl groups excluding tert-OH is 1. The van der Waals surface area contributed by atoms with E-state index in [1.54, 1.807) is 12.1 Å². The minimum atomic E-state index is -1.22. The summed E-state index contributed by atoms with van der Waals surface area (Å²) in [5, 5.41) is 17.8. The lowest BCUT2D eigenvalue weighted by molar-refractivity contribution is 0.0579. The van der Waals surface area contributed by atoms with Gasteiger partial charge in [0.05, 0.1) is 16.3 Å². The first-order chi connectivity index (χ1) is 15.4. The van der Waals surface area contributed by atoms with E-state index >= 15 is 0 Å². The van der Waals surface area contributed by atoms with Crippen molar-refractivity contribution in [2.45, 2.75) is 50.0 Å². The molecule has 0 spiro atoms. The molecule has 1 aliphatic rings. The molecule has 0 saturated heterocycles. The van der Waals surface area contributed by atoms with Crippen molar-refractivity contribution in [1.29, 1.82) is 0 Å². The summed E-state index contributed by atoms with van der Waals surface area (Å²) < 4.78 is 28.7. The summed E-state index contributed by atoms with van der Waals surface area (Å²) in [4.78, 5) is 4.49. The van der Waals surface area contributed by atoms with Crippen LogP contribution in [0, 0.1) is 11.6 Å². The zero-order chi connectivity index (χ0) is 22.6. The molecule has 1 saturated carbocycles. The molecule has 1 aliphatic carbocycles. The van der Waals surface area contributed by atoms with Crippen molar-refractivity contribution in [2.24, 2.45) is 0 Å². The van der Waals surface area contributed by atoms with Gasteiger partial charge in [-0.3, -0.25) is 15.6 Å². The highest BCUT2D eigenvalue weighted by Crippen LogP contribution is 2.34. The van der Waals surface area contributed by atoms with Gasteiger partial charge in [-0.05, 0) is 48.2 Å². The first kappa shape index (κ1) is 22.8. The third kappa shape index (κ3) is 5.33. The van der Waals surface area contributed by atoms with Crippen molar-refractivity contribution in [3.05, 3.63) is 100 Å². The number of pyridine rings is 1. The average Bonchev–Trinajstić information content (AvgIpc) is 3.26. The van der Waals surface area contributed by atoms with Crippen molar-refractivity contribution in [3.8, 4) is 0 Å². The maximum Gasteiger partial charge on any atom is 0.161 e. The van der Waals surface area contributed by atoms with Gasteiger partial charge in [0.2, 0.25) is 0 Å². The van der Waals surface area contributed by atoms with E-state index in [1.165, 1.54) is 18.3 Å². The highest BCUT2D eigenvalue weighted by atomic mass is 35.5. The van der Waals surface area contributed by atoms with Crippen LogP contribution in [0.3, 0.4) is 0 Å². The Morgan fingerprint density at radius 2 is 1.72 bits per heavy atom. The maximum absolute atomic E-state index is 14.4. The summed E-state index contributed by atoms with van der Waals surface area (Å²) in [7, 11) is 0. The molecule has 32 heavy (non-hydrogen) atoms. The van der Waals surface area contributed by atoms with Gasteiger partial charge in [-0.25, -0.2) is 8.78 Å². The molecule has 3 N–H and O–H groups in total. The van der Waals surface area contributed by atoms with Gasteiger partial charge in [0.1, 0.15) is 11.6 Å². The predicted octanol–water partition coefficient (Wildman–Crippen LogP) is 4.90. The van der Waals surface area contributed by atoms with Crippen LogP contribution < -0.4 is 10.6 Å². The Kier molecular flexibility index (Phi) is 7.16. The molecule has 1 aromatic heterocycles. The normalized spacial score (nSPS) is 17.2. The van der Waals surface area contributed by atoms with E-state index in [4.69, 9.17) is 11.6 Å². The lowest BCUT2D eigenvalue weighted by atomic mass is 9.80. The van der Waals surface area contributed by atoms with Gasteiger partial charge in [0.15, 0.2) is 6.35 Å². The van der Waals surface area contributed by atoms with E-state index in [-0.39, 0.29) is 6.04 Å². The number of aliphatic hydroxyl groups is 1. The Hall–Kier alpha value is -2.38. The summed E-state index contributed by atoms with van der Waals surface area (Å²) in [5.74, 6) is -1.40. The Morgan fingerprint density at radius 3 is 2.34 bits per heavy atom. The van der Waals surface area contributed by atoms with Crippen molar-refractivity contribution in [3.63, 3.8) is 0 Å². The van der Waals surface area contributed by atoms with Crippen molar-refractivity contribution < 1.29 is 13.9 Å². The third-order valence-corrected chi connectivity index (χ3v) is 6.19. The van der Waals surface area contributed by atoms with E-state index < -0.39 is 23.5 Å².